The monoisotopic (exact) mass is 470 g/mol. The van der Waals surface area contributed by atoms with Crippen molar-refractivity contribution in [2.45, 2.75) is 37.5 Å². The number of hydrogen-bond donors (Lipinski definition) is 0. The maximum atomic E-state index is 13.2. The minimum absolute atomic E-state index is 0.0796. The third-order valence-electron chi connectivity index (χ3n) is 5.34. The molecule has 1 aliphatic carbocycles. The summed E-state index contributed by atoms with van der Waals surface area (Å²) in [7, 11) is 1.35. The molecule has 0 spiro atoms. The molecule has 0 amide bonds. The number of rotatable bonds is 4. The molecule has 0 N–H and O–H groups in total. The summed E-state index contributed by atoms with van der Waals surface area (Å²) in [4.78, 5) is 11.5. The Balaban J connectivity index is 1.55. The first-order valence-electron chi connectivity index (χ1n) is 9.16. The van der Waals surface area contributed by atoms with E-state index in [-0.39, 0.29) is 18.3 Å². The van der Waals surface area contributed by atoms with E-state index >= 15 is 0 Å². The number of halogens is 4. The van der Waals surface area contributed by atoms with Crippen LogP contribution in [0.4, 0.5) is 13.2 Å². The van der Waals surface area contributed by atoms with Crippen molar-refractivity contribution < 1.29 is 32.2 Å². The predicted octanol–water partition coefficient (Wildman–Crippen LogP) is 5.57. The Labute approximate surface area is 174 Å². The Hall–Kier alpha value is -2.22. The molecule has 154 valence electrons. The maximum absolute atomic E-state index is 13.2. The standard InChI is InChI=1S/C21H18BrF3O4/c1-27-20(26)6-11-10-28-19-9-13(2-3-14(11)19)29-18-5-4-15-16(18)7-12(8-17(15)22)21(23,24)25/h2-3,7-9,11,18H,4-6,10H2,1H3/t11?,18-/m1/s1. The molecule has 0 bridgehead atoms. The van der Waals surface area contributed by atoms with Crippen LogP contribution in [0, 0.1) is 0 Å². The van der Waals surface area contributed by atoms with Crippen LogP contribution in [0.5, 0.6) is 11.5 Å². The van der Waals surface area contributed by atoms with Gasteiger partial charge >= 0.3 is 12.1 Å². The number of fused-ring (bicyclic) bond motifs is 2. The second kappa shape index (κ2) is 7.55. The molecule has 2 atom stereocenters. The molecule has 0 saturated heterocycles. The topological polar surface area (TPSA) is 44.8 Å². The van der Waals surface area contributed by atoms with Gasteiger partial charge in [0.25, 0.3) is 0 Å². The van der Waals surface area contributed by atoms with E-state index in [1.165, 1.54) is 13.2 Å². The number of carbonyl (C=O) groups is 1. The van der Waals surface area contributed by atoms with E-state index in [1.807, 2.05) is 6.07 Å². The van der Waals surface area contributed by atoms with Crippen LogP contribution in [0.3, 0.4) is 0 Å². The zero-order valence-corrected chi connectivity index (χ0v) is 17.1. The fourth-order valence-electron chi connectivity index (χ4n) is 3.87. The number of hydrogen-bond acceptors (Lipinski definition) is 4. The van der Waals surface area contributed by atoms with Crippen LogP contribution >= 0.6 is 15.9 Å². The van der Waals surface area contributed by atoms with E-state index in [0.29, 0.717) is 41.0 Å². The van der Waals surface area contributed by atoms with Gasteiger partial charge in [-0.3, -0.25) is 4.79 Å². The van der Waals surface area contributed by atoms with Crippen LogP contribution in [0.1, 0.15) is 47.1 Å². The Morgan fingerprint density at radius 2 is 2.03 bits per heavy atom. The van der Waals surface area contributed by atoms with E-state index in [4.69, 9.17) is 14.2 Å². The molecule has 2 aromatic rings. The van der Waals surface area contributed by atoms with Gasteiger partial charge < -0.3 is 14.2 Å². The summed E-state index contributed by atoms with van der Waals surface area (Å²) in [6.45, 7) is 0.377. The van der Waals surface area contributed by atoms with E-state index in [1.54, 1.807) is 12.1 Å². The number of carbonyl (C=O) groups excluding carboxylic acids is 1. The summed E-state index contributed by atoms with van der Waals surface area (Å²) in [5.74, 6) is 0.762. The van der Waals surface area contributed by atoms with Crippen molar-refractivity contribution in [3.63, 3.8) is 0 Å². The first-order chi connectivity index (χ1) is 13.8. The van der Waals surface area contributed by atoms with Crippen molar-refractivity contribution in [1.29, 1.82) is 0 Å². The van der Waals surface area contributed by atoms with Crippen molar-refractivity contribution in [3.05, 3.63) is 57.1 Å². The minimum atomic E-state index is -4.42. The smallest absolute Gasteiger partial charge is 0.416 e. The number of benzene rings is 2. The van der Waals surface area contributed by atoms with Crippen LogP contribution in [0.15, 0.2) is 34.8 Å². The third kappa shape index (κ3) is 3.95. The highest BCUT2D eigenvalue weighted by atomic mass is 79.9. The molecule has 0 radical (unpaired) electrons. The van der Waals surface area contributed by atoms with Crippen molar-refractivity contribution in [2.24, 2.45) is 0 Å². The van der Waals surface area contributed by atoms with Gasteiger partial charge in [0.2, 0.25) is 0 Å². The highest BCUT2D eigenvalue weighted by molar-refractivity contribution is 9.10. The van der Waals surface area contributed by atoms with Crippen molar-refractivity contribution in [3.8, 4) is 11.5 Å². The Bertz CT molecular complexity index is 958. The van der Waals surface area contributed by atoms with Crippen LogP contribution in [0.25, 0.3) is 0 Å². The van der Waals surface area contributed by atoms with E-state index in [2.05, 4.69) is 15.9 Å². The lowest BCUT2D eigenvalue weighted by Crippen LogP contribution is -2.09. The molecule has 4 nitrogen and oxygen atoms in total. The molecular weight excluding hydrogens is 453 g/mol. The minimum Gasteiger partial charge on any atom is -0.492 e. The summed E-state index contributed by atoms with van der Waals surface area (Å²) in [6.07, 6.45) is -3.41. The van der Waals surface area contributed by atoms with Gasteiger partial charge in [0.15, 0.2) is 0 Å². The van der Waals surface area contributed by atoms with Gasteiger partial charge in [-0.05, 0) is 42.2 Å². The maximum Gasteiger partial charge on any atom is 0.416 e. The largest absolute Gasteiger partial charge is 0.492 e. The second-order valence-corrected chi connectivity index (χ2v) is 8.01. The zero-order valence-electron chi connectivity index (χ0n) is 15.5. The van der Waals surface area contributed by atoms with Gasteiger partial charge in [0, 0.05) is 22.0 Å². The third-order valence-corrected chi connectivity index (χ3v) is 6.05. The van der Waals surface area contributed by atoms with Gasteiger partial charge in [-0.25, -0.2) is 0 Å². The highest BCUT2D eigenvalue weighted by Gasteiger charge is 2.35. The number of methoxy groups -OCH3 is 1. The van der Waals surface area contributed by atoms with Gasteiger partial charge in [-0.15, -0.1) is 0 Å². The van der Waals surface area contributed by atoms with Crippen LogP contribution in [-0.2, 0) is 22.1 Å². The molecule has 8 heteroatoms. The molecule has 1 unspecified atom stereocenters. The normalized spacial score (nSPS) is 20.0. The van der Waals surface area contributed by atoms with Crippen LogP contribution < -0.4 is 9.47 Å². The molecule has 4 rings (SSSR count). The van der Waals surface area contributed by atoms with Crippen molar-refractivity contribution in [2.75, 3.05) is 13.7 Å². The summed E-state index contributed by atoms with van der Waals surface area (Å²) in [6, 6.07) is 7.62. The molecule has 2 aromatic carbocycles. The van der Waals surface area contributed by atoms with Crippen molar-refractivity contribution >= 4 is 21.9 Å². The SMILES string of the molecule is COC(=O)CC1COc2cc(O[C@@H]3CCc4c(Br)cc(C(F)(F)F)cc43)ccc21. The molecular formula is C21H18BrF3O4. The summed E-state index contributed by atoms with van der Waals surface area (Å²) in [5, 5.41) is 0. The molecule has 0 aromatic heterocycles. The molecule has 0 fully saturated rings. The summed E-state index contributed by atoms with van der Waals surface area (Å²) in [5.41, 5.74) is 1.61. The second-order valence-electron chi connectivity index (χ2n) is 7.16. The van der Waals surface area contributed by atoms with Gasteiger partial charge in [-0.2, -0.15) is 13.2 Å². The quantitative estimate of drug-likeness (QED) is 0.547. The summed E-state index contributed by atoms with van der Waals surface area (Å²) >= 11 is 3.26. The predicted molar refractivity (Wildman–Crippen MR) is 102 cm³/mol. The van der Waals surface area contributed by atoms with E-state index in [9.17, 15) is 18.0 Å². The van der Waals surface area contributed by atoms with E-state index < -0.39 is 17.8 Å². The number of ether oxygens (including phenoxy) is 3. The van der Waals surface area contributed by atoms with Gasteiger partial charge in [-0.1, -0.05) is 22.0 Å². The number of alkyl halides is 3. The van der Waals surface area contributed by atoms with Gasteiger partial charge in [0.1, 0.15) is 17.6 Å². The molecule has 0 saturated carbocycles. The molecule has 2 aliphatic rings. The van der Waals surface area contributed by atoms with E-state index in [0.717, 1.165) is 17.2 Å². The molecule has 29 heavy (non-hydrogen) atoms. The van der Waals surface area contributed by atoms with Crippen LogP contribution in [-0.4, -0.2) is 19.7 Å². The Morgan fingerprint density at radius 1 is 1.24 bits per heavy atom. The average Bonchev–Trinajstić information content (AvgIpc) is 3.25. The first kappa shape index (κ1) is 20.1. The zero-order chi connectivity index (χ0) is 20.8. The fraction of sp³-hybridized carbons (Fsp3) is 0.381. The lowest BCUT2D eigenvalue weighted by atomic mass is 9.98. The Kier molecular flexibility index (Phi) is 5.23. The van der Waals surface area contributed by atoms with Crippen LogP contribution in [0.2, 0.25) is 0 Å². The molecule has 1 heterocycles. The lowest BCUT2D eigenvalue weighted by molar-refractivity contribution is -0.141. The number of esters is 1. The lowest BCUT2D eigenvalue weighted by Gasteiger charge is -2.18. The fourth-order valence-corrected chi connectivity index (χ4v) is 4.55. The van der Waals surface area contributed by atoms with Crippen molar-refractivity contribution in [1.82, 2.24) is 0 Å². The first-order valence-corrected chi connectivity index (χ1v) is 9.95. The molecule has 1 aliphatic heterocycles. The Morgan fingerprint density at radius 3 is 2.76 bits per heavy atom. The van der Waals surface area contributed by atoms with Gasteiger partial charge in [0.05, 0.1) is 25.7 Å². The average molecular weight is 471 g/mol. The highest BCUT2D eigenvalue weighted by Crippen LogP contribution is 2.44. The summed E-state index contributed by atoms with van der Waals surface area (Å²) < 4.78 is 56.4.